The van der Waals surface area contributed by atoms with Gasteiger partial charge in [0.25, 0.3) is 0 Å². The Bertz CT molecular complexity index is 761. The van der Waals surface area contributed by atoms with Crippen LogP contribution in [0.5, 0.6) is 5.75 Å². The Morgan fingerprint density at radius 1 is 1.12 bits per heavy atom. The number of fused-ring (bicyclic) bond motifs is 1. The lowest BCUT2D eigenvalue weighted by molar-refractivity contribution is 0.0601. The van der Waals surface area contributed by atoms with Crippen LogP contribution in [0.25, 0.3) is 10.8 Å². The summed E-state index contributed by atoms with van der Waals surface area (Å²) in [7, 11) is 1.35. The summed E-state index contributed by atoms with van der Waals surface area (Å²) in [6.07, 6.45) is 3.38. The van der Waals surface area contributed by atoms with E-state index in [4.69, 9.17) is 9.47 Å². The van der Waals surface area contributed by atoms with E-state index < -0.39 is 12.6 Å². The molecule has 1 unspecified atom stereocenters. The first kappa shape index (κ1) is 17.7. The van der Waals surface area contributed by atoms with Crippen molar-refractivity contribution < 1.29 is 18.7 Å². The number of methoxy groups -OCH3 is 1. The lowest BCUT2D eigenvalue weighted by Gasteiger charge is -2.32. The number of hydrogen-bond acceptors (Lipinski definition) is 3. The fourth-order valence-corrected chi connectivity index (χ4v) is 4.02. The fourth-order valence-electron chi connectivity index (χ4n) is 4.02. The molecule has 2 aromatic rings. The highest BCUT2D eigenvalue weighted by molar-refractivity contribution is 5.97. The molecule has 134 valence electrons. The van der Waals surface area contributed by atoms with E-state index in [0.717, 1.165) is 23.6 Å². The number of alkyl halides is 1. The highest BCUT2D eigenvalue weighted by atomic mass is 19.1. The highest BCUT2D eigenvalue weighted by Crippen LogP contribution is 2.35. The highest BCUT2D eigenvalue weighted by Gasteiger charge is 2.26. The number of halogens is 1. The van der Waals surface area contributed by atoms with Crippen LogP contribution in [-0.4, -0.2) is 19.2 Å². The van der Waals surface area contributed by atoms with E-state index in [1.54, 1.807) is 18.2 Å². The van der Waals surface area contributed by atoms with Gasteiger partial charge in [0.05, 0.1) is 18.8 Å². The summed E-state index contributed by atoms with van der Waals surface area (Å²) in [6, 6.07) is 8.88. The average Bonchev–Trinajstić information content (AvgIpc) is 2.59. The fraction of sp³-hybridized carbons (Fsp3) is 0.476. The summed E-state index contributed by atoms with van der Waals surface area (Å²) in [5, 5.41) is 1.60. The zero-order valence-electron chi connectivity index (χ0n) is 15.0. The Morgan fingerprint density at radius 2 is 1.84 bits per heavy atom. The summed E-state index contributed by atoms with van der Waals surface area (Å²) in [5.41, 5.74) is 1.02. The molecule has 1 aliphatic carbocycles. The minimum absolute atomic E-state index is 0.135. The SMILES string of the molecule is COC(=O)c1ccc2c(CF)c(OC3C[C@@H](C)C[C@@H](C)C3)ccc2c1. The van der Waals surface area contributed by atoms with E-state index >= 15 is 0 Å². The van der Waals surface area contributed by atoms with Gasteiger partial charge >= 0.3 is 5.97 Å². The van der Waals surface area contributed by atoms with Crippen LogP contribution in [0.2, 0.25) is 0 Å². The van der Waals surface area contributed by atoms with Crippen LogP contribution < -0.4 is 4.74 Å². The number of benzene rings is 2. The Kier molecular flexibility index (Phi) is 5.26. The Balaban J connectivity index is 1.92. The molecule has 2 aromatic carbocycles. The van der Waals surface area contributed by atoms with Crippen molar-refractivity contribution in [3.05, 3.63) is 41.5 Å². The lowest BCUT2D eigenvalue weighted by Crippen LogP contribution is -2.28. The van der Waals surface area contributed by atoms with Crippen LogP contribution in [0.3, 0.4) is 0 Å². The molecule has 3 rings (SSSR count). The van der Waals surface area contributed by atoms with Gasteiger partial charge in [-0.2, -0.15) is 0 Å². The second kappa shape index (κ2) is 7.42. The molecule has 0 radical (unpaired) electrons. The van der Waals surface area contributed by atoms with Crippen LogP contribution in [0, 0.1) is 11.8 Å². The van der Waals surface area contributed by atoms with Crippen LogP contribution in [-0.2, 0) is 11.4 Å². The zero-order valence-corrected chi connectivity index (χ0v) is 15.0. The second-order valence-corrected chi connectivity index (χ2v) is 7.26. The molecule has 0 saturated heterocycles. The van der Waals surface area contributed by atoms with E-state index in [1.165, 1.54) is 13.5 Å². The smallest absolute Gasteiger partial charge is 0.337 e. The zero-order chi connectivity index (χ0) is 18.0. The Morgan fingerprint density at radius 3 is 2.48 bits per heavy atom. The van der Waals surface area contributed by atoms with E-state index in [1.807, 2.05) is 12.1 Å². The van der Waals surface area contributed by atoms with Crippen molar-refractivity contribution in [2.24, 2.45) is 11.8 Å². The standard InChI is InChI=1S/C21H25FO3/c1-13-8-14(2)10-17(9-13)25-20-7-5-15-11-16(21(23)24-3)4-6-18(15)19(20)12-22/h4-7,11,13-14,17H,8-10,12H2,1-3H3/t13-,14+,17?. The summed E-state index contributed by atoms with van der Waals surface area (Å²) < 4.78 is 24.7. The third-order valence-corrected chi connectivity index (χ3v) is 5.07. The largest absolute Gasteiger partial charge is 0.490 e. The lowest BCUT2D eigenvalue weighted by atomic mass is 9.82. The molecule has 1 aliphatic rings. The molecule has 0 aromatic heterocycles. The van der Waals surface area contributed by atoms with Crippen molar-refractivity contribution in [2.45, 2.75) is 45.9 Å². The number of carbonyl (C=O) groups is 1. The molecule has 0 N–H and O–H groups in total. The van der Waals surface area contributed by atoms with E-state index in [-0.39, 0.29) is 6.10 Å². The molecule has 3 atom stereocenters. The molecular weight excluding hydrogens is 319 g/mol. The molecule has 3 nitrogen and oxygen atoms in total. The maximum Gasteiger partial charge on any atom is 0.337 e. The van der Waals surface area contributed by atoms with Crippen molar-refractivity contribution in [2.75, 3.05) is 7.11 Å². The van der Waals surface area contributed by atoms with Gasteiger partial charge in [0.1, 0.15) is 12.4 Å². The third-order valence-electron chi connectivity index (χ3n) is 5.07. The molecule has 0 amide bonds. The van der Waals surface area contributed by atoms with E-state index in [9.17, 15) is 9.18 Å². The predicted octanol–water partition coefficient (Wildman–Crippen LogP) is 5.30. The molecule has 4 heteroatoms. The molecule has 0 heterocycles. The van der Waals surface area contributed by atoms with Crippen molar-refractivity contribution in [3.63, 3.8) is 0 Å². The van der Waals surface area contributed by atoms with Crippen molar-refractivity contribution in [3.8, 4) is 5.75 Å². The summed E-state index contributed by atoms with van der Waals surface area (Å²) >= 11 is 0. The predicted molar refractivity (Wildman–Crippen MR) is 96.7 cm³/mol. The quantitative estimate of drug-likeness (QED) is 0.706. The summed E-state index contributed by atoms with van der Waals surface area (Å²) in [4.78, 5) is 11.7. The molecule has 25 heavy (non-hydrogen) atoms. The summed E-state index contributed by atoms with van der Waals surface area (Å²) in [5.74, 6) is 1.48. The van der Waals surface area contributed by atoms with Gasteiger partial charge in [0, 0.05) is 5.56 Å². The Labute approximate surface area is 148 Å². The average molecular weight is 344 g/mol. The first-order chi connectivity index (χ1) is 12.0. The van der Waals surface area contributed by atoms with Crippen molar-refractivity contribution in [1.29, 1.82) is 0 Å². The number of hydrogen-bond donors (Lipinski definition) is 0. The van der Waals surface area contributed by atoms with Gasteiger partial charge in [-0.15, -0.1) is 0 Å². The van der Waals surface area contributed by atoms with Crippen molar-refractivity contribution >= 4 is 16.7 Å². The van der Waals surface area contributed by atoms with Gasteiger partial charge in [-0.25, -0.2) is 9.18 Å². The van der Waals surface area contributed by atoms with Gasteiger partial charge < -0.3 is 9.47 Å². The third kappa shape index (κ3) is 3.78. The normalized spacial score (nSPS) is 23.4. The molecule has 0 bridgehead atoms. The van der Waals surface area contributed by atoms with Gasteiger partial charge in [-0.1, -0.05) is 26.0 Å². The van der Waals surface area contributed by atoms with Crippen molar-refractivity contribution in [1.82, 2.24) is 0 Å². The first-order valence-corrected chi connectivity index (χ1v) is 8.88. The monoisotopic (exact) mass is 344 g/mol. The molecule has 0 aliphatic heterocycles. The number of ether oxygens (including phenoxy) is 2. The van der Waals surface area contributed by atoms with E-state index in [2.05, 4.69) is 13.8 Å². The van der Waals surface area contributed by atoms with Crippen LogP contribution in [0.1, 0.15) is 49.0 Å². The van der Waals surface area contributed by atoms with Gasteiger partial charge in [-0.05, 0) is 60.1 Å². The number of esters is 1. The number of carbonyl (C=O) groups excluding carboxylic acids is 1. The van der Waals surface area contributed by atoms with Gasteiger partial charge in [-0.3, -0.25) is 0 Å². The van der Waals surface area contributed by atoms with Crippen LogP contribution in [0.15, 0.2) is 30.3 Å². The molecule has 1 saturated carbocycles. The maximum absolute atomic E-state index is 13.8. The first-order valence-electron chi connectivity index (χ1n) is 8.88. The summed E-state index contributed by atoms with van der Waals surface area (Å²) in [6.45, 7) is 3.90. The molecule has 0 spiro atoms. The molecule has 1 fully saturated rings. The Hall–Kier alpha value is -2.10. The van der Waals surface area contributed by atoms with E-state index in [0.29, 0.717) is 28.7 Å². The van der Waals surface area contributed by atoms with Gasteiger partial charge in [0.2, 0.25) is 0 Å². The number of rotatable bonds is 4. The maximum atomic E-state index is 13.8. The second-order valence-electron chi connectivity index (χ2n) is 7.26. The van der Waals surface area contributed by atoms with Gasteiger partial charge in [0.15, 0.2) is 0 Å². The topological polar surface area (TPSA) is 35.5 Å². The van der Waals surface area contributed by atoms with Crippen LogP contribution >= 0.6 is 0 Å². The van der Waals surface area contributed by atoms with Crippen LogP contribution in [0.4, 0.5) is 4.39 Å². The minimum Gasteiger partial charge on any atom is -0.490 e. The minimum atomic E-state index is -0.595. The molecular formula is C21H25FO3.